The lowest BCUT2D eigenvalue weighted by atomic mass is 9.94. The fourth-order valence-electron chi connectivity index (χ4n) is 2.36. The second-order valence-electron chi connectivity index (χ2n) is 5.75. The van der Waals surface area contributed by atoms with E-state index in [1.165, 1.54) is 6.07 Å². The van der Waals surface area contributed by atoms with Crippen LogP contribution in [0.25, 0.3) is 0 Å². The molecule has 8 heteroatoms. The quantitative estimate of drug-likeness (QED) is 0.829. The molecular formula is C15H19F3N2O2S. The van der Waals surface area contributed by atoms with Gasteiger partial charge in [-0.1, -0.05) is 18.2 Å². The van der Waals surface area contributed by atoms with Crippen LogP contribution in [0.1, 0.15) is 24.0 Å². The van der Waals surface area contributed by atoms with Crippen molar-refractivity contribution >= 4 is 16.8 Å². The maximum absolute atomic E-state index is 12.8. The van der Waals surface area contributed by atoms with Gasteiger partial charge in [-0.3, -0.25) is 4.21 Å². The Bertz CT molecular complexity index is 601. The molecule has 23 heavy (non-hydrogen) atoms. The zero-order valence-corrected chi connectivity index (χ0v) is 13.5. The van der Waals surface area contributed by atoms with Crippen LogP contribution < -0.4 is 10.6 Å². The van der Waals surface area contributed by atoms with Crippen molar-refractivity contribution in [3.05, 3.63) is 35.4 Å². The molecule has 2 rings (SSSR count). The van der Waals surface area contributed by atoms with Gasteiger partial charge in [0.15, 0.2) is 0 Å². The second-order valence-corrected chi connectivity index (χ2v) is 7.30. The van der Waals surface area contributed by atoms with Gasteiger partial charge in [-0.25, -0.2) is 4.79 Å². The minimum Gasteiger partial charge on any atom is -0.337 e. The summed E-state index contributed by atoms with van der Waals surface area (Å²) in [6.45, 7) is 0.584. The summed E-state index contributed by atoms with van der Waals surface area (Å²) in [5.74, 6) is 0.367. The Morgan fingerprint density at radius 1 is 1.30 bits per heavy atom. The smallest absolute Gasteiger partial charge is 0.337 e. The van der Waals surface area contributed by atoms with Gasteiger partial charge in [0.1, 0.15) is 0 Å². The van der Waals surface area contributed by atoms with Gasteiger partial charge in [0.2, 0.25) is 0 Å². The van der Waals surface area contributed by atoms with Gasteiger partial charge >= 0.3 is 12.2 Å². The van der Waals surface area contributed by atoms with Crippen LogP contribution in [-0.2, 0) is 22.4 Å². The molecule has 0 saturated heterocycles. The molecule has 0 heterocycles. The van der Waals surface area contributed by atoms with Crippen molar-refractivity contribution in [1.82, 2.24) is 10.6 Å². The van der Waals surface area contributed by atoms with Crippen LogP contribution in [0, 0.1) is 0 Å². The monoisotopic (exact) mass is 348 g/mol. The average Bonchev–Trinajstić information content (AvgIpc) is 3.25. The van der Waals surface area contributed by atoms with Crippen molar-refractivity contribution in [2.45, 2.75) is 24.4 Å². The highest BCUT2D eigenvalue weighted by atomic mass is 32.2. The van der Waals surface area contributed by atoms with Crippen molar-refractivity contribution in [2.24, 2.45) is 0 Å². The third-order valence-corrected chi connectivity index (χ3v) is 4.70. The summed E-state index contributed by atoms with van der Waals surface area (Å²) < 4.78 is 49.3. The summed E-state index contributed by atoms with van der Waals surface area (Å²) >= 11 is 0. The van der Waals surface area contributed by atoms with Gasteiger partial charge in [-0.2, -0.15) is 13.2 Å². The first-order valence-corrected chi connectivity index (χ1v) is 8.95. The molecule has 1 saturated carbocycles. The second kappa shape index (κ2) is 6.90. The zero-order chi connectivity index (χ0) is 17.1. The van der Waals surface area contributed by atoms with E-state index in [0.29, 0.717) is 17.9 Å². The Labute approximate surface area is 135 Å². The standard InChI is InChI=1S/C15H19F3N2O2S/c1-23(22)8-7-19-13(21)20-10-14(5-6-14)11-3-2-4-12(9-11)15(16,17)18/h2-4,9H,5-8,10H2,1H3,(H2,19,20,21)/t23-/m1/s1. The summed E-state index contributed by atoms with van der Waals surface area (Å²) in [6, 6.07) is 4.88. The summed E-state index contributed by atoms with van der Waals surface area (Å²) in [5, 5.41) is 5.26. The predicted octanol–water partition coefficient (Wildman–Crippen LogP) is 2.41. The molecule has 2 N–H and O–H groups in total. The van der Waals surface area contributed by atoms with E-state index < -0.39 is 34.0 Å². The van der Waals surface area contributed by atoms with Crippen LogP contribution in [0.15, 0.2) is 24.3 Å². The zero-order valence-electron chi connectivity index (χ0n) is 12.7. The largest absolute Gasteiger partial charge is 0.416 e. The van der Waals surface area contributed by atoms with Crippen molar-refractivity contribution in [1.29, 1.82) is 0 Å². The number of carbonyl (C=O) groups excluding carboxylic acids is 1. The van der Waals surface area contributed by atoms with E-state index in [9.17, 15) is 22.2 Å². The van der Waals surface area contributed by atoms with Crippen LogP contribution in [0.4, 0.5) is 18.0 Å². The summed E-state index contributed by atoms with van der Waals surface area (Å²) in [7, 11) is -0.981. The Morgan fingerprint density at radius 2 is 2.00 bits per heavy atom. The van der Waals surface area contributed by atoms with Gasteiger partial charge in [-0.05, 0) is 24.5 Å². The first-order chi connectivity index (χ1) is 10.7. The number of hydrogen-bond donors (Lipinski definition) is 2. The lowest BCUT2D eigenvalue weighted by Crippen LogP contribution is -2.41. The van der Waals surface area contributed by atoms with Gasteiger partial charge in [0, 0.05) is 41.3 Å². The number of benzene rings is 1. The number of rotatable bonds is 6. The predicted molar refractivity (Wildman–Crippen MR) is 82.7 cm³/mol. The maximum Gasteiger partial charge on any atom is 0.416 e. The lowest BCUT2D eigenvalue weighted by molar-refractivity contribution is -0.137. The van der Waals surface area contributed by atoms with E-state index in [-0.39, 0.29) is 6.54 Å². The molecule has 0 aromatic heterocycles. The van der Waals surface area contributed by atoms with Crippen LogP contribution in [-0.4, -0.2) is 35.3 Å². The van der Waals surface area contributed by atoms with Crippen LogP contribution in [0.2, 0.25) is 0 Å². The molecule has 0 spiro atoms. The Hall–Kier alpha value is -1.57. The fraction of sp³-hybridized carbons (Fsp3) is 0.533. The number of nitrogens with one attached hydrogen (secondary N) is 2. The van der Waals surface area contributed by atoms with Crippen LogP contribution in [0.5, 0.6) is 0 Å². The fourth-order valence-corrected chi connectivity index (χ4v) is 2.75. The van der Waals surface area contributed by atoms with Crippen molar-refractivity contribution in [2.75, 3.05) is 25.1 Å². The minimum atomic E-state index is -4.37. The first-order valence-electron chi connectivity index (χ1n) is 7.22. The molecule has 2 amide bonds. The third-order valence-electron chi connectivity index (χ3n) is 3.92. The lowest BCUT2D eigenvalue weighted by Gasteiger charge is -2.18. The Balaban J connectivity index is 1.93. The first kappa shape index (κ1) is 17.8. The molecular weight excluding hydrogens is 329 g/mol. The van der Waals surface area contributed by atoms with Crippen molar-refractivity contribution < 1.29 is 22.2 Å². The van der Waals surface area contributed by atoms with E-state index in [4.69, 9.17) is 0 Å². The van der Waals surface area contributed by atoms with Crippen molar-refractivity contribution in [3.63, 3.8) is 0 Å². The molecule has 0 bridgehead atoms. The SMILES string of the molecule is C[S@@](=O)CCNC(=O)NCC1(c2cccc(C(F)(F)F)c2)CC1. The van der Waals surface area contributed by atoms with Gasteiger partial charge in [0.05, 0.1) is 5.56 Å². The highest BCUT2D eigenvalue weighted by Crippen LogP contribution is 2.48. The summed E-state index contributed by atoms with van der Waals surface area (Å²) in [6.07, 6.45) is -1.33. The molecule has 1 atom stereocenters. The molecule has 128 valence electrons. The molecule has 0 radical (unpaired) electrons. The van der Waals surface area contributed by atoms with E-state index in [1.54, 1.807) is 12.3 Å². The van der Waals surface area contributed by atoms with E-state index in [1.807, 2.05) is 0 Å². The van der Waals surface area contributed by atoms with Gasteiger partial charge in [0.25, 0.3) is 0 Å². The van der Waals surface area contributed by atoms with E-state index in [2.05, 4.69) is 10.6 Å². The highest BCUT2D eigenvalue weighted by Gasteiger charge is 2.45. The number of hydrogen-bond acceptors (Lipinski definition) is 2. The highest BCUT2D eigenvalue weighted by molar-refractivity contribution is 7.84. The number of alkyl halides is 3. The van der Waals surface area contributed by atoms with Crippen molar-refractivity contribution in [3.8, 4) is 0 Å². The number of urea groups is 1. The molecule has 1 aromatic rings. The molecule has 1 fully saturated rings. The third kappa shape index (κ3) is 4.95. The minimum absolute atomic E-state index is 0.287. The molecule has 0 unspecified atom stereocenters. The van der Waals surface area contributed by atoms with E-state index in [0.717, 1.165) is 25.0 Å². The molecule has 1 aromatic carbocycles. The maximum atomic E-state index is 12.8. The number of halogens is 3. The summed E-state index contributed by atoms with van der Waals surface area (Å²) in [4.78, 5) is 11.7. The molecule has 1 aliphatic carbocycles. The molecule has 4 nitrogen and oxygen atoms in total. The normalized spacial score (nSPS) is 17.4. The topological polar surface area (TPSA) is 58.2 Å². The molecule has 0 aliphatic heterocycles. The molecule has 1 aliphatic rings. The summed E-state index contributed by atoms with van der Waals surface area (Å²) in [5.41, 5.74) is -0.481. The Kier molecular flexibility index (Phi) is 5.33. The Morgan fingerprint density at radius 3 is 2.57 bits per heavy atom. The van der Waals surface area contributed by atoms with E-state index >= 15 is 0 Å². The van der Waals surface area contributed by atoms with Crippen LogP contribution in [0.3, 0.4) is 0 Å². The number of carbonyl (C=O) groups is 1. The van der Waals surface area contributed by atoms with Gasteiger partial charge < -0.3 is 10.6 Å². The average molecular weight is 348 g/mol. The van der Waals surface area contributed by atoms with Crippen LogP contribution >= 0.6 is 0 Å². The van der Waals surface area contributed by atoms with Gasteiger partial charge in [-0.15, -0.1) is 0 Å². The number of amides is 2.